The molecular weight excluding hydrogens is 186 g/mol. The molecule has 0 unspecified atom stereocenters. The van der Waals surface area contributed by atoms with E-state index in [1.165, 1.54) is 18.5 Å². The number of hydrogen-bond donors (Lipinski definition) is 0. The molecule has 3 nitrogen and oxygen atoms in total. The minimum atomic E-state index is 0.819. The fourth-order valence-electron chi connectivity index (χ4n) is 2.28. The molecule has 0 atom stereocenters. The Morgan fingerprint density at radius 1 is 1.20 bits per heavy atom. The number of anilines is 1. The van der Waals surface area contributed by atoms with Crippen molar-refractivity contribution in [3.8, 4) is 0 Å². The Morgan fingerprint density at radius 2 is 1.80 bits per heavy atom. The molecule has 0 N–H and O–H groups in total. The zero-order chi connectivity index (χ0) is 10.7. The number of hydrogen-bond acceptors (Lipinski definition) is 3. The van der Waals surface area contributed by atoms with Crippen molar-refractivity contribution in [2.45, 2.75) is 26.7 Å². The van der Waals surface area contributed by atoms with Gasteiger partial charge in [0.25, 0.3) is 0 Å². The SMILES string of the molecule is CC(C)C1CCN(c2cncnc2)CC1. The molecule has 0 bridgehead atoms. The molecule has 1 aliphatic heterocycles. The van der Waals surface area contributed by atoms with E-state index in [4.69, 9.17) is 0 Å². The standard InChI is InChI=1S/C12H19N3/c1-10(2)11-3-5-15(6-4-11)12-7-13-9-14-8-12/h7-11H,3-6H2,1-2H3. The second-order valence-electron chi connectivity index (χ2n) is 4.67. The van der Waals surface area contributed by atoms with Crippen molar-refractivity contribution in [2.24, 2.45) is 11.8 Å². The normalized spacial score (nSPS) is 18.5. The molecule has 0 radical (unpaired) electrons. The van der Waals surface area contributed by atoms with E-state index >= 15 is 0 Å². The van der Waals surface area contributed by atoms with Gasteiger partial charge >= 0.3 is 0 Å². The van der Waals surface area contributed by atoms with E-state index in [1.54, 1.807) is 6.33 Å². The van der Waals surface area contributed by atoms with E-state index in [1.807, 2.05) is 12.4 Å². The third kappa shape index (κ3) is 2.46. The van der Waals surface area contributed by atoms with Crippen molar-refractivity contribution in [2.75, 3.05) is 18.0 Å². The predicted octanol–water partition coefficient (Wildman–Crippen LogP) is 2.35. The molecule has 1 aliphatic rings. The summed E-state index contributed by atoms with van der Waals surface area (Å²) in [6.45, 7) is 6.95. The molecule has 3 heteroatoms. The van der Waals surface area contributed by atoms with E-state index < -0.39 is 0 Å². The predicted molar refractivity (Wildman–Crippen MR) is 61.8 cm³/mol. The minimum absolute atomic E-state index is 0.819. The Morgan fingerprint density at radius 3 is 2.33 bits per heavy atom. The monoisotopic (exact) mass is 205 g/mol. The van der Waals surface area contributed by atoms with Gasteiger partial charge in [0.2, 0.25) is 0 Å². The van der Waals surface area contributed by atoms with Gasteiger partial charge in [-0.3, -0.25) is 0 Å². The van der Waals surface area contributed by atoms with E-state index in [0.717, 1.165) is 24.9 Å². The third-order valence-electron chi connectivity index (χ3n) is 3.39. The van der Waals surface area contributed by atoms with Crippen LogP contribution >= 0.6 is 0 Å². The van der Waals surface area contributed by atoms with E-state index in [-0.39, 0.29) is 0 Å². The summed E-state index contributed by atoms with van der Waals surface area (Å²) < 4.78 is 0. The van der Waals surface area contributed by atoms with Gasteiger partial charge < -0.3 is 4.90 Å². The largest absolute Gasteiger partial charge is 0.369 e. The smallest absolute Gasteiger partial charge is 0.115 e. The molecule has 0 saturated carbocycles. The molecule has 1 aromatic heterocycles. The number of aromatic nitrogens is 2. The lowest BCUT2D eigenvalue weighted by Gasteiger charge is -2.34. The van der Waals surface area contributed by atoms with Crippen LogP contribution in [0.3, 0.4) is 0 Å². The van der Waals surface area contributed by atoms with Gasteiger partial charge in [-0.2, -0.15) is 0 Å². The first-order chi connectivity index (χ1) is 7.27. The molecule has 0 aliphatic carbocycles. The first kappa shape index (κ1) is 10.4. The fourth-order valence-corrected chi connectivity index (χ4v) is 2.28. The van der Waals surface area contributed by atoms with Gasteiger partial charge in [0, 0.05) is 13.1 Å². The van der Waals surface area contributed by atoms with Gasteiger partial charge in [0.05, 0.1) is 18.1 Å². The van der Waals surface area contributed by atoms with Crippen molar-refractivity contribution >= 4 is 5.69 Å². The molecule has 15 heavy (non-hydrogen) atoms. The van der Waals surface area contributed by atoms with Crippen LogP contribution in [-0.2, 0) is 0 Å². The number of nitrogens with zero attached hydrogens (tertiary/aromatic N) is 3. The molecular formula is C12H19N3. The third-order valence-corrected chi connectivity index (χ3v) is 3.39. The Kier molecular flexibility index (Phi) is 3.19. The zero-order valence-electron chi connectivity index (χ0n) is 9.56. The van der Waals surface area contributed by atoms with Gasteiger partial charge in [-0.05, 0) is 24.7 Å². The summed E-state index contributed by atoms with van der Waals surface area (Å²) in [5.41, 5.74) is 1.17. The average Bonchev–Trinajstić information content (AvgIpc) is 2.30. The zero-order valence-corrected chi connectivity index (χ0v) is 9.56. The van der Waals surface area contributed by atoms with E-state index in [0.29, 0.717) is 0 Å². The molecule has 1 fully saturated rings. The first-order valence-electron chi connectivity index (χ1n) is 5.77. The Bertz CT molecular complexity index is 289. The highest BCUT2D eigenvalue weighted by Gasteiger charge is 2.21. The van der Waals surface area contributed by atoms with Crippen LogP contribution in [0.2, 0.25) is 0 Å². The Balaban J connectivity index is 1.94. The summed E-state index contributed by atoms with van der Waals surface area (Å²) in [5, 5.41) is 0. The van der Waals surface area contributed by atoms with E-state index in [9.17, 15) is 0 Å². The molecule has 1 aromatic rings. The highest BCUT2D eigenvalue weighted by atomic mass is 15.1. The summed E-state index contributed by atoms with van der Waals surface area (Å²) in [4.78, 5) is 10.5. The van der Waals surface area contributed by atoms with Crippen molar-refractivity contribution < 1.29 is 0 Å². The maximum Gasteiger partial charge on any atom is 0.115 e. The van der Waals surface area contributed by atoms with Gasteiger partial charge in [-0.1, -0.05) is 13.8 Å². The van der Waals surface area contributed by atoms with Gasteiger partial charge in [0.1, 0.15) is 6.33 Å². The van der Waals surface area contributed by atoms with Crippen molar-refractivity contribution in [3.63, 3.8) is 0 Å². The number of rotatable bonds is 2. The van der Waals surface area contributed by atoms with Crippen LogP contribution in [-0.4, -0.2) is 23.1 Å². The maximum atomic E-state index is 4.06. The Hall–Kier alpha value is -1.12. The quantitative estimate of drug-likeness (QED) is 0.742. The highest BCUT2D eigenvalue weighted by molar-refractivity contribution is 5.41. The summed E-state index contributed by atoms with van der Waals surface area (Å²) in [5.74, 6) is 1.71. The average molecular weight is 205 g/mol. The molecule has 2 heterocycles. The van der Waals surface area contributed by atoms with E-state index in [2.05, 4.69) is 28.7 Å². The maximum absolute atomic E-state index is 4.06. The van der Waals surface area contributed by atoms with Crippen LogP contribution in [0.5, 0.6) is 0 Å². The molecule has 0 aromatic carbocycles. The van der Waals surface area contributed by atoms with Crippen LogP contribution < -0.4 is 4.90 Å². The van der Waals surface area contributed by atoms with Crippen molar-refractivity contribution in [1.29, 1.82) is 0 Å². The second-order valence-corrected chi connectivity index (χ2v) is 4.67. The van der Waals surface area contributed by atoms with Crippen LogP contribution in [0.4, 0.5) is 5.69 Å². The van der Waals surface area contributed by atoms with Crippen LogP contribution in [0.1, 0.15) is 26.7 Å². The van der Waals surface area contributed by atoms with Crippen LogP contribution in [0, 0.1) is 11.8 Å². The molecule has 1 saturated heterocycles. The molecule has 0 amide bonds. The summed E-state index contributed by atoms with van der Waals surface area (Å²) in [6.07, 6.45) is 7.99. The van der Waals surface area contributed by atoms with Crippen LogP contribution in [0.25, 0.3) is 0 Å². The topological polar surface area (TPSA) is 29.0 Å². The molecule has 82 valence electrons. The molecule has 0 spiro atoms. The van der Waals surface area contributed by atoms with Gasteiger partial charge in [0.15, 0.2) is 0 Å². The number of piperidine rings is 1. The summed E-state index contributed by atoms with van der Waals surface area (Å²) in [7, 11) is 0. The fraction of sp³-hybridized carbons (Fsp3) is 0.667. The van der Waals surface area contributed by atoms with Crippen molar-refractivity contribution in [1.82, 2.24) is 9.97 Å². The lowest BCUT2D eigenvalue weighted by Crippen LogP contribution is -2.35. The minimum Gasteiger partial charge on any atom is -0.369 e. The second kappa shape index (κ2) is 4.60. The Labute approximate surface area is 91.5 Å². The molecule has 2 rings (SSSR count). The summed E-state index contributed by atoms with van der Waals surface area (Å²) in [6, 6.07) is 0. The van der Waals surface area contributed by atoms with Crippen LogP contribution in [0.15, 0.2) is 18.7 Å². The van der Waals surface area contributed by atoms with Gasteiger partial charge in [-0.25, -0.2) is 9.97 Å². The lowest BCUT2D eigenvalue weighted by atomic mass is 9.87. The van der Waals surface area contributed by atoms with Gasteiger partial charge in [-0.15, -0.1) is 0 Å². The highest BCUT2D eigenvalue weighted by Crippen LogP contribution is 2.26. The summed E-state index contributed by atoms with van der Waals surface area (Å²) >= 11 is 0. The lowest BCUT2D eigenvalue weighted by molar-refractivity contribution is 0.311. The first-order valence-corrected chi connectivity index (χ1v) is 5.77. The van der Waals surface area contributed by atoms with Crippen molar-refractivity contribution in [3.05, 3.63) is 18.7 Å².